The van der Waals surface area contributed by atoms with Crippen LogP contribution in [0.25, 0.3) is 0 Å². The molecule has 1 aromatic carbocycles. The van der Waals surface area contributed by atoms with Gasteiger partial charge in [0.2, 0.25) is 0 Å². The Morgan fingerprint density at radius 1 is 1.00 bits per heavy atom. The molecule has 130 valence electrons. The van der Waals surface area contributed by atoms with E-state index in [0.717, 1.165) is 19.4 Å². The van der Waals surface area contributed by atoms with Crippen molar-refractivity contribution in [3.8, 4) is 0 Å². The fourth-order valence-corrected chi connectivity index (χ4v) is 3.19. The zero-order chi connectivity index (χ0) is 17.0. The largest absolute Gasteiger partial charge is 0.378 e. The maximum Gasteiger partial charge on any atom is 0.0616 e. The molecule has 1 aliphatic rings. The van der Waals surface area contributed by atoms with E-state index in [2.05, 4.69) is 76.3 Å². The topological polar surface area (TPSA) is 24.5 Å². The number of hydrogen-bond acceptors (Lipinski definition) is 3. The lowest BCUT2D eigenvalue weighted by molar-refractivity contribution is -0.0995. The third kappa shape index (κ3) is 5.22. The molecule has 1 heterocycles. The Bertz CT molecular complexity index is 451. The molecule has 3 heteroatoms. The number of anilines is 1. The third-order valence-electron chi connectivity index (χ3n) is 4.92. The van der Waals surface area contributed by atoms with Crippen molar-refractivity contribution < 1.29 is 4.74 Å². The number of benzene rings is 1. The van der Waals surface area contributed by atoms with Gasteiger partial charge in [-0.1, -0.05) is 39.8 Å². The molecule has 2 rings (SSSR count). The number of hydrogen-bond donors (Lipinski definition) is 1. The first-order valence-electron chi connectivity index (χ1n) is 9.02. The molecule has 1 fully saturated rings. The first-order valence-corrected chi connectivity index (χ1v) is 9.02. The van der Waals surface area contributed by atoms with E-state index in [1.807, 2.05) is 0 Å². The summed E-state index contributed by atoms with van der Waals surface area (Å²) in [5, 5.41) is 3.76. The molecule has 1 aliphatic heterocycles. The van der Waals surface area contributed by atoms with Crippen LogP contribution in [0.2, 0.25) is 0 Å². The van der Waals surface area contributed by atoms with Crippen molar-refractivity contribution in [2.24, 2.45) is 11.8 Å². The van der Waals surface area contributed by atoms with Crippen LogP contribution in [-0.2, 0) is 11.3 Å². The standard InChI is InChI=1S/C20H34N2O/c1-14(2)19-11-17(12-20(23-19)15(3)4)21-13-16-7-9-18(10-8-16)22(5)6/h7-10,14-15,17,19-21H,11-13H2,1-6H3/t17?,19-,20+. The van der Waals surface area contributed by atoms with Gasteiger partial charge in [0.25, 0.3) is 0 Å². The molecule has 0 bridgehead atoms. The van der Waals surface area contributed by atoms with Gasteiger partial charge in [-0.05, 0) is 42.4 Å². The zero-order valence-electron chi connectivity index (χ0n) is 15.7. The fourth-order valence-electron chi connectivity index (χ4n) is 3.19. The van der Waals surface area contributed by atoms with Crippen molar-refractivity contribution in [1.82, 2.24) is 5.32 Å². The first-order chi connectivity index (χ1) is 10.9. The van der Waals surface area contributed by atoms with Crippen molar-refractivity contribution in [3.05, 3.63) is 29.8 Å². The van der Waals surface area contributed by atoms with Gasteiger partial charge < -0.3 is 15.0 Å². The molecular weight excluding hydrogens is 284 g/mol. The SMILES string of the molecule is CC(C)[C@@H]1CC(NCc2ccc(N(C)C)cc2)C[C@H](C(C)C)O1. The summed E-state index contributed by atoms with van der Waals surface area (Å²) < 4.78 is 6.29. The van der Waals surface area contributed by atoms with Crippen LogP contribution in [0.3, 0.4) is 0 Å². The normalized spacial score (nSPS) is 25.1. The molecule has 0 aromatic heterocycles. The van der Waals surface area contributed by atoms with Crippen molar-refractivity contribution in [1.29, 1.82) is 0 Å². The zero-order valence-corrected chi connectivity index (χ0v) is 15.7. The Morgan fingerprint density at radius 2 is 1.52 bits per heavy atom. The Kier molecular flexibility index (Phi) is 6.49. The second kappa shape index (κ2) is 8.16. The molecule has 1 unspecified atom stereocenters. The smallest absolute Gasteiger partial charge is 0.0616 e. The Hall–Kier alpha value is -1.06. The molecule has 1 N–H and O–H groups in total. The van der Waals surface area contributed by atoms with Gasteiger partial charge in [-0.25, -0.2) is 0 Å². The number of rotatable bonds is 6. The van der Waals surface area contributed by atoms with E-state index in [0.29, 0.717) is 30.1 Å². The van der Waals surface area contributed by atoms with Gasteiger partial charge in [0.15, 0.2) is 0 Å². The number of nitrogens with one attached hydrogen (secondary N) is 1. The Morgan fingerprint density at radius 3 is 1.96 bits per heavy atom. The molecule has 23 heavy (non-hydrogen) atoms. The summed E-state index contributed by atoms with van der Waals surface area (Å²) in [5.74, 6) is 1.17. The lowest BCUT2D eigenvalue weighted by Crippen LogP contribution is -2.46. The predicted molar refractivity (Wildman–Crippen MR) is 99.0 cm³/mol. The first kappa shape index (κ1) is 18.3. The predicted octanol–water partition coefficient (Wildman–Crippen LogP) is 4.07. The van der Waals surface area contributed by atoms with Gasteiger partial charge in [-0.2, -0.15) is 0 Å². The van der Waals surface area contributed by atoms with E-state index < -0.39 is 0 Å². The minimum absolute atomic E-state index is 0.379. The molecule has 0 radical (unpaired) electrons. The van der Waals surface area contributed by atoms with Gasteiger partial charge in [0.05, 0.1) is 12.2 Å². The second-order valence-corrected chi connectivity index (χ2v) is 7.81. The fraction of sp³-hybridized carbons (Fsp3) is 0.700. The summed E-state index contributed by atoms with van der Waals surface area (Å²) in [6.07, 6.45) is 3.00. The van der Waals surface area contributed by atoms with Gasteiger partial charge >= 0.3 is 0 Å². The highest BCUT2D eigenvalue weighted by molar-refractivity contribution is 5.45. The maximum atomic E-state index is 6.29. The Labute approximate surface area is 142 Å². The van der Waals surface area contributed by atoms with E-state index in [-0.39, 0.29) is 0 Å². The molecule has 0 aliphatic carbocycles. The molecule has 3 atom stereocenters. The number of nitrogens with zero attached hydrogens (tertiary/aromatic N) is 1. The Balaban J connectivity index is 1.92. The van der Waals surface area contributed by atoms with Crippen LogP contribution < -0.4 is 10.2 Å². The van der Waals surface area contributed by atoms with Crippen LogP contribution in [0, 0.1) is 11.8 Å². The molecule has 1 aromatic rings. The molecule has 3 nitrogen and oxygen atoms in total. The molecule has 1 saturated heterocycles. The van der Waals surface area contributed by atoms with E-state index in [1.54, 1.807) is 0 Å². The molecule has 0 spiro atoms. The summed E-state index contributed by atoms with van der Waals surface area (Å²) in [6, 6.07) is 9.38. The van der Waals surface area contributed by atoms with Gasteiger partial charge in [-0.15, -0.1) is 0 Å². The quantitative estimate of drug-likeness (QED) is 0.855. The molecule has 0 saturated carbocycles. The van der Waals surface area contributed by atoms with Crippen LogP contribution >= 0.6 is 0 Å². The summed E-state index contributed by atoms with van der Waals surface area (Å²) in [6.45, 7) is 10.0. The average molecular weight is 319 g/mol. The summed E-state index contributed by atoms with van der Waals surface area (Å²) >= 11 is 0. The van der Waals surface area contributed by atoms with Crippen molar-refractivity contribution in [2.45, 2.75) is 65.3 Å². The van der Waals surface area contributed by atoms with Crippen molar-refractivity contribution in [3.63, 3.8) is 0 Å². The molecular formula is C20H34N2O. The van der Waals surface area contributed by atoms with Crippen molar-refractivity contribution in [2.75, 3.05) is 19.0 Å². The minimum Gasteiger partial charge on any atom is -0.378 e. The monoisotopic (exact) mass is 318 g/mol. The third-order valence-corrected chi connectivity index (χ3v) is 4.92. The van der Waals surface area contributed by atoms with Crippen molar-refractivity contribution >= 4 is 5.69 Å². The maximum absolute atomic E-state index is 6.29. The van der Waals surface area contributed by atoms with E-state index >= 15 is 0 Å². The highest BCUT2D eigenvalue weighted by Gasteiger charge is 2.32. The average Bonchev–Trinajstić information content (AvgIpc) is 2.52. The van der Waals surface area contributed by atoms with Gasteiger partial charge in [0, 0.05) is 32.4 Å². The number of ether oxygens (including phenoxy) is 1. The van der Waals surface area contributed by atoms with Gasteiger partial charge in [0.1, 0.15) is 0 Å². The summed E-state index contributed by atoms with van der Waals surface area (Å²) in [5.41, 5.74) is 2.60. The van der Waals surface area contributed by atoms with Crippen LogP contribution in [-0.4, -0.2) is 32.3 Å². The minimum atomic E-state index is 0.379. The highest BCUT2D eigenvalue weighted by Crippen LogP contribution is 2.28. The lowest BCUT2D eigenvalue weighted by atomic mass is 9.88. The van der Waals surface area contributed by atoms with Crippen LogP contribution in [0.5, 0.6) is 0 Å². The van der Waals surface area contributed by atoms with Crippen LogP contribution in [0.4, 0.5) is 5.69 Å². The van der Waals surface area contributed by atoms with Crippen LogP contribution in [0.15, 0.2) is 24.3 Å². The highest BCUT2D eigenvalue weighted by atomic mass is 16.5. The van der Waals surface area contributed by atoms with E-state index in [1.165, 1.54) is 11.3 Å². The van der Waals surface area contributed by atoms with E-state index in [9.17, 15) is 0 Å². The lowest BCUT2D eigenvalue weighted by Gasteiger charge is -2.39. The summed E-state index contributed by atoms with van der Waals surface area (Å²) in [7, 11) is 4.15. The summed E-state index contributed by atoms with van der Waals surface area (Å²) in [4.78, 5) is 2.14. The second-order valence-electron chi connectivity index (χ2n) is 7.81. The van der Waals surface area contributed by atoms with Gasteiger partial charge in [-0.3, -0.25) is 0 Å². The molecule has 0 amide bonds. The van der Waals surface area contributed by atoms with E-state index in [4.69, 9.17) is 4.74 Å². The van der Waals surface area contributed by atoms with Crippen LogP contribution in [0.1, 0.15) is 46.1 Å².